The monoisotopic (exact) mass is 552 g/mol. The summed E-state index contributed by atoms with van der Waals surface area (Å²) in [4.78, 5) is 24.1. The molecule has 0 radical (unpaired) electrons. The van der Waals surface area contributed by atoms with Crippen molar-refractivity contribution in [3.63, 3.8) is 0 Å². The van der Waals surface area contributed by atoms with E-state index < -0.39 is 33.8 Å². The van der Waals surface area contributed by atoms with Crippen molar-refractivity contribution in [2.24, 2.45) is 5.92 Å². The van der Waals surface area contributed by atoms with Crippen molar-refractivity contribution in [1.82, 2.24) is 0 Å². The molecule has 1 aliphatic rings. The molecule has 0 bridgehead atoms. The smallest absolute Gasteiger partial charge is 0.465 e. The predicted octanol–water partition coefficient (Wildman–Crippen LogP) is 5.96. The number of halogens is 3. The summed E-state index contributed by atoms with van der Waals surface area (Å²) in [5.41, 5.74) is 1.61. The molecule has 36 heavy (non-hydrogen) atoms. The van der Waals surface area contributed by atoms with Crippen molar-refractivity contribution in [2.45, 2.75) is 88.1 Å². The molecule has 1 aliphatic carbocycles. The molecule has 2 rings (SSSR count). The third kappa shape index (κ3) is 9.28. The summed E-state index contributed by atoms with van der Waals surface area (Å²) >= 11 is 1.25. The van der Waals surface area contributed by atoms with Gasteiger partial charge in [-0.25, -0.2) is 13.2 Å². The molecular formula is C25H35F3O6S2. The van der Waals surface area contributed by atoms with E-state index >= 15 is 0 Å². The van der Waals surface area contributed by atoms with E-state index in [0.717, 1.165) is 37.5 Å². The van der Waals surface area contributed by atoms with Gasteiger partial charge in [-0.05, 0) is 54.9 Å². The molecule has 0 N–H and O–H groups in total. The van der Waals surface area contributed by atoms with Crippen LogP contribution in [0.5, 0.6) is 0 Å². The van der Waals surface area contributed by atoms with E-state index in [-0.39, 0.29) is 18.0 Å². The van der Waals surface area contributed by atoms with Crippen LogP contribution in [-0.2, 0) is 41.9 Å². The van der Waals surface area contributed by atoms with Crippen molar-refractivity contribution in [1.29, 1.82) is 0 Å². The van der Waals surface area contributed by atoms with Gasteiger partial charge in [-0.2, -0.15) is 13.2 Å². The Morgan fingerprint density at radius 3 is 2.53 bits per heavy atom. The van der Waals surface area contributed by atoms with Crippen molar-refractivity contribution < 1.29 is 40.7 Å². The lowest BCUT2D eigenvalue weighted by Crippen LogP contribution is -2.25. The summed E-state index contributed by atoms with van der Waals surface area (Å²) < 4.78 is 72.4. The molecule has 1 aromatic carbocycles. The van der Waals surface area contributed by atoms with Crippen LogP contribution in [0.4, 0.5) is 13.2 Å². The zero-order valence-electron chi connectivity index (χ0n) is 21.0. The quantitative estimate of drug-likeness (QED) is 0.221. The fourth-order valence-corrected chi connectivity index (χ4v) is 6.47. The van der Waals surface area contributed by atoms with Gasteiger partial charge >= 0.3 is 18.1 Å². The molecule has 0 saturated heterocycles. The number of thioether (sulfide) groups is 1. The van der Waals surface area contributed by atoms with Crippen LogP contribution >= 0.6 is 11.8 Å². The Morgan fingerprint density at radius 2 is 1.92 bits per heavy atom. The highest BCUT2D eigenvalue weighted by Gasteiger charge is 2.41. The fraction of sp³-hybridized carbons (Fsp3) is 0.680. The third-order valence-electron chi connectivity index (χ3n) is 6.28. The average Bonchev–Trinajstić information content (AvgIpc) is 2.80. The second kappa shape index (κ2) is 13.7. The van der Waals surface area contributed by atoms with Gasteiger partial charge in [0.05, 0.1) is 18.3 Å². The lowest BCUT2D eigenvalue weighted by Gasteiger charge is -2.26. The number of aryl methyl sites for hydroxylation is 1. The summed E-state index contributed by atoms with van der Waals surface area (Å²) in [5, 5.41) is -0.758. The van der Waals surface area contributed by atoms with Gasteiger partial charge in [-0.3, -0.25) is 4.79 Å². The van der Waals surface area contributed by atoms with Gasteiger partial charge in [0.1, 0.15) is 6.61 Å². The molecule has 1 aromatic rings. The first kappa shape index (κ1) is 30.5. The number of rotatable bonds is 13. The highest BCUT2D eigenvalue weighted by Crippen LogP contribution is 2.39. The van der Waals surface area contributed by atoms with E-state index in [2.05, 4.69) is 18.6 Å². The van der Waals surface area contributed by atoms with Gasteiger partial charge in [0.2, 0.25) is 0 Å². The summed E-state index contributed by atoms with van der Waals surface area (Å²) in [6.45, 7) is 3.88. The van der Waals surface area contributed by atoms with Crippen molar-refractivity contribution in [3.8, 4) is 0 Å². The number of carbonyl (C=O) groups is 2. The summed E-state index contributed by atoms with van der Waals surface area (Å²) in [6.07, 6.45) is 1.91. The molecule has 204 valence electrons. The number of hydrogen-bond donors (Lipinski definition) is 0. The van der Waals surface area contributed by atoms with Gasteiger partial charge in [-0.15, -0.1) is 11.8 Å². The first-order valence-corrected chi connectivity index (χ1v) is 15.2. The van der Waals surface area contributed by atoms with Gasteiger partial charge in [0.15, 0.2) is 9.84 Å². The Kier molecular flexibility index (Phi) is 11.6. The molecule has 0 aliphatic heterocycles. The molecule has 11 heteroatoms. The number of unbranched alkanes of at least 4 members (excludes halogenated alkanes) is 1. The molecule has 2 unspecified atom stereocenters. The maximum absolute atomic E-state index is 12.6. The molecule has 0 saturated carbocycles. The van der Waals surface area contributed by atoms with E-state index in [1.54, 1.807) is 6.07 Å². The fourth-order valence-electron chi connectivity index (χ4n) is 4.18. The van der Waals surface area contributed by atoms with Crippen LogP contribution in [0.2, 0.25) is 0 Å². The number of esters is 2. The zero-order valence-corrected chi connectivity index (χ0v) is 22.6. The Balaban J connectivity index is 2.13. The number of carbonyl (C=O) groups excluding carboxylic acids is 2. The van der Waals surface area contributed by atoms with Gasteiger partial charge in [0, 0.05) is 22.5 Å². The largest absolute Gasteiger partial charge is 0.490 e. The average molecular weight is 553 g/mol. The molecule has 0 spiro atoms. The zero-order chi connectivity index (χ0) is 26.9. The van der Waals surface area contributed by atoms with Crippen molar-refractivity contribution >= 4 is 33.5 Å². The first-order chi connectivity index (χ1) is 16.9. The Labute approximate surface area is 215 Å². The minimum Gasteiger partial charge on any atom is -0.465 e. The van der Waals surface area contributed by atoms with Crippen LogP contribution in [0.3, 0.4) is 0 Å². The number of fused-ring (bicyclic) bond motifs is 1. The highest BCUT2D eigenvalue weighted by molar-refractivity contribution is 7.99. The number of ether oxygens (including phenoxy) is 2. The molecule has 0 amide bonds. The number of hydrogen-bond acceptors (Lipinski definition) is 7. The van der Waals surface area contributed by atoms with E-state index in [1.807, 2.05) is 0 Å². The Hall–Kier alpha value is -1.75. The van der Waals surface area contributed by atoms with Crippen molar-refractivity contribution in [2.75, 3.05) is 18.6 Å². The summed E-state index contributed by atoms with van der Waals surface area (Å²) in [5.74, 6) is -2.02. The Morgan fingerprint density at radius 1 is 1.19 bits per heavy atom. The van der Waals surface area contributed by atoms with Crippen LogP contribution in [0.25, 0.3) is 0 Å². The SMILES string of the molecule is CCCCC(CC)COC(=O)CCSc1cc2c(cc1COC(=O)C(F)(F)F)C(S(C)(=O)=O)CCC2. The summed E-state index contributed by atoms with van der Waals surface area (Å²) in [7, 11) is -3.43. The second-order valence-electron chi connectivity index (χ2n) is 9.14. The van der Waals surface area contributed by atoms with Crippen LogP contribution in [0.15, 0.2) is 17.0 Å². The number of sulfone groups is 1. The molecule has 6 nitrogen and oxygen atoms in total. The van der Waals surface area contributed by atoms with Gasteiger partial charge in [0.25, 0.3) is 0 Å². The van der Waals surface area contributed by atoms with Crippen molar-refractivity contribution in [3.05, 3.63) is 28.8 Å². The number of benzene rings is 1. The molecule has 2 atom stereocenters. The minimum atomic E-state index is -5.13. The topological polar surface area (TPSA) is 86.7 Å². The van der Waals surface area contributed by atoms with E-state index in [4.69, 9.17) is 4.74 Å². The van der Waals surface area contributed by atoms with Crippen LogP contribution in [-0.4, -0.2) is 45.1 Å². The molecule has 0 fully saturated rings. The predicted molar refractivity (Wildman–Crippen MR) is 132 cm³/mol. The normalized spacial score (nSPS) is 16.8. The van der Waals surface area contributed by atoms with E-state index in [0.29, 0.717) is 48.0 Å². The first-order valence-electron chi connectivity index (χ1n) is 12.2. The molecule has 0 aromatic heterocycles. The van der Waals surface area contributed by atoms with Gasteiger partial charge < -0.3 is 9.47 Å². The van der Waals surface area contributed by atoms with E-state index in [1.165, 1.54) is 17.8 Å². The van der Waals surface area contributed by atoms with Crippen LogP contribution < -0.4 is 0 Å². The maximum Gasteiger partial charge on any atom is 0.490 e. The molecule has 0 heterocycles. The molecular weight excluding hydrogens is 517 g/mol. The minimum absolute atomic E-state index is 0.111. The Bertz CT molecular complexity index is 1010. The van der Waals surface area contributed by atoms with Crippen LogP contribution in [0.1, 0.15) is 80.7 Å². The summed E-state index contributed by atoms with van der Waals surface area (Å²) in [6, 6.07) is 3.28. The lowest BCUT2D eigenvalue weighted by molar-refractivity contribution is -0.201. The van der Waals surface area contributed by atoms with Crippen LogP contribution in [0, 0.1) is 5.92 Å². The van der Waals surface area contributed by atoms with E-state index in [9.17, 15) is 31.2 Å². The number of alkyl halides is 3. The third-order valence-corrected chi connectivity index (χ3v) is 8.90. The van der Waals surface area contributed by atoms with Gasteiger partial charge in [-0.1, -0.05) is 33.1 Å². The standard InChI is InChI=1S/C25H35F3O6S2/c1-4-6-8-17(5-2)15-33-23(29)11-12-35-21-14-18-9-7-10-22(36(3,31)32)20(18)13-19(21)16-34-24(30)25(26,27)28/h13-14,17,22H,4-12,15-16H2,1-3H3. The second-order valence-corrected chi connectivity index (χ2v) is 12.5. The lowest BCUT2D eigenvalue weighted by atomic mass is 9.90. The maximum atomic E-state index is 12.6. The highest BCUT2D eigenvalue weighted by atomic mass is 32.2.